The number of aliphatic hydroxyl groups is 1. The highest BCUT2D eigenvalue weighted by Gasteiger charge is 2.13. The van der Waals surface area contributed by atoms with Crippen LogP contribution in [0.5, 0.6) is 5.75 Å². The van der Waals surface area contributed by atoms with Crippen LogP contribution in [0.25, 0.3) is 0 Å². The Hall–Kier alpha value is -2.33. The van der Waals surface area contributed by atoms with Gasteiger partial charge in [-0.25, -0.2) is 4.79 Å². The summed E-state index contributed by atoms with van der Waals surface area (Å²) in [4.78, 5) is 11.6. The molecule has 0 aliphatic carbocycles. The van der Waals surface area contributed by atoms with Gasteiger partial charge in [0.15, 0.2) is 6.61 Å². The van der Waals surface area contributed by atoms with Crippen LogP contribution in [0.1, 0.15) is 10.4 Å². The zero-order valence-corrected chi connectivity index (χ0v) is 10.2. The van der Waals surface area contributed by atoms with E-state index in [1.54, 1.807) is 42.5 Å². The van der Waals surface area contributed by atoms with Crippen LogP contribution >= 0.6 is 0 Å². The van der Waals surface area contributed by atoms with E-state index in [0.29, 0.717) is 11.3 Å². The van der Waals surface area contributed by atoms with Crippen LogP contribution in [-0.2, 0) is 4.74 Å². The van der Waals surface area contributed by atoms with Gasteiger partial charge in [-0.15, -0.1) is 0 Å². The van der Waals surface area contributed by atoms with Crippen molar-refractivity contribution in [2.24, 2.45) is 0 Å². The molecular formula is C15H14O4. The largest absolute Gasteiger partial charge is 0.487 e. The fourth-order valence-electron chi connectivity index (χ4n) is 1.48. The molecule has 1 unspecified atom stereocenters. The highest BCUT2D eigenvalue weighted by Crippen LogP contribution is 2.09. The van der Waals surface area contributed by atoms with Crippen molar-refractivity contribution in [1.82, 2.24) is 0 Å². The van der Waals surface area contributed by atoms with Gasteiger partial charge in [0, 0.05) is 0 Å². The first-order chi connectivity index (χ1) is 9.25. The molecule has 0 aliphatic rings. The van der Waals surface area contributed by atoms with Gasteiger partial charge in [-0.05, 0) is 24.3 Å². The van der Waals surface area contributed by atoms with Crippen molar-refractivity contribution >= 4 is 5.97 Å². The summed E-state index contributed by atoms with van der Waals surface area (Å²) in [7, 11) is 0. The van der Waals surface area contributed by atoms with Gasteiger partial charge in [-0.1, -0.05) is 36.4 Å². The lowest BCUT2D eigenvalue weighted by atomic mass is 10.2. The summed E-state index contributed by atoms with van der Waals surface area (Å²) in [5, 5.41) is 9.57. The van der Waals surface area contributed by atoms with Crippen molar-refractivity contribution in [2.45, 2.75) is 6.29 Å². The van der Waals surface area contributed by atoms with E-state index >= 15 is 0 Å². The molecule has 4 heteroatoms. The first-order valence-electron chi connectivity index (χ1n) is 5.87. The lowest BCUT2D eigenvalue weighted by molar-refractivity contribution is -0.0851. The predicted molar refractivity (Wildman–Crippen MR) is 69.8 cm³/mol. The molecule has 1 atom stereocenters. The minimum atomic E-state index is -1.30. The summed E-state index contributed by atoms with van der Waals surface area (Å²) in [5.74, 6) is 0.0297. The number of hydrogen-bond donors (Lipinski definition) is 1. The van der Waals surface area contributed by atoms with Gasteiger partial charge >= 0.3 is 5.97 Å². The molecule has 0 radical (unpaired) electrons. The second-order valence-corrected chi connectivity index (χ2v) is 3.85. The van der Waals surface area contributed by atoms with Crippen molar-refractivity contribution in [1.29, 1.82) is 0 Å². The highest BCUT2D eigenvalue weighted by molar-refractivity contribution is 5.89. The van der Waals surface area contributed by atoms with Crippen LogP contribution in [0.2, 0.25) is 0 Å². The lowest BCUT2D eigenvalue weighted by Crippen LogP contribution is -2.24. The molecule has 2 rings (SSSR count). The topological polar surface area (TPSA) is 55.8 Å². The zero-order valence-electron chi connectivity index (χ0n) is 10.2. The number of aliphatic hydroxyl groups excluding tert-OH is 1. The number of hydrogen-bond acceptors (Lipinski definition) is 4. The van der Waals surface area contributed by atoms with Gasteiger partial charge in [-0.3, -0.25) is 0 Å². The molecule has 2 aromatic carbocycles. The van der Waals surface area contributed by atoms with E-state index in [1.165, 1.54) is 0 Å². The molecule has 1 N–H and O–H groups in total. The third-order valence-corrected chi connectivity index (χ3v) is 2.39. The average molecular weight is 258 g/mol. The van der Waals surface area contributed by atoms with Gasteiger partial charge in [0.25, 0.3) is 0 Å². The fraction of sp³-hybridized carbons (Fsp3) is 0.133. The fourth-order valence-corrected chi connectivity index (χ4v) is 1.48. The van der Waals surface area contributed by atoms with E-state index in [1.807, 2.05) is 18.2 Å². The SMILES string of the molecule is O=C(OC(O)COc1ccccc1)c1ccccc1. The maximum absolute atomic E-state index is 11.6. The van der Waals surface area contributed by atoms with Crippen molar-refractivity contribution in [3.63, 3.8) is 0 Å². The van der Waals surface area contributed by atoms with Gasteiger partial charge in [0.05, 0.1) is 5.56 Å². The summed E-state index contributed by atoms with van der Waals surface area (Å²) < 4.78 is 10.1. The van der Waals surface area contributed by atoms with E-state index < -0.39 is 12.3 Å². The van der Waals surface area contributed by atoms with Gasteiger partial charge in [0.1, 0.15) is 5.75 Å². The predicted octanol–water partition coefficient (Wildman–Crippen LogP) is 2.24. The van der Waals surface area contributed by atoms with E-state index in [0.717, 1.165) is 0 Å². The molecule has 2 aromatic rings. The quantitative estimate of drug-likeness (QED) is 0.660. The minimum absolute atomic E-state index is 0.109. The summed E-state index contributed by atoms with van der Waals surface area (Å²) in [6.45, 7) is -0.109. The average Bonchev–Trinajstić information content (AvgIpc) is 2.47. The number of carbonyl (C=O) groups is 1. The Bertz CT molecular complexity index is 510. The minimum Gasteiger partial charge on any atom is -0.487 e. The Morgan fingerprint density at radius 3 is 2.21 bits per heavy atom. The van der Waals surface area contributed by atoms with E-state index in [-0.39, 0.29) is 6.61 Å². The maximum Gasteiger partial charge on any atom is 0.340 e. The molecule has 0 aromatic heterocycles. The van der Waals surface area contributed by atoms with Crippen molar-refractivity contribution in [3.05, 3.63) is 66.2 Å². The Balaban J connectivity index is 1.81. The van der Waals surface area contributed by atoms with Crippen LogP contribution in [0.15, 0.2) is 60.7 Å². The Labute approximate surface area is 111 Å². The van der Waals surface area contributed by atoms with Crippen LogP contribution in [0.3, 0.4) is 0 Å². The number of benzene rings is 2. The molecule has 0 aliphatic heterocycles. The molecule has 0 fully saturated rings. The Kier molecular flexibility index (Phi) is 4.53. The maximum atomic E-state index is 11.6. The third-order valence-electron chi connectivity index (χ3n) is 2.39. The monoisotopic (exact) mass is 258 g/mol. The number of rotatable bonds is 5. The van der Waals surface area contributed by atoms with E-state index in [2.05, 4.69) is 0 Å². The van der Waals surface area contributed by atoms with Gasteiger partial charge < -0.3 is 14.6 Å². The van der Waals surface area contributed by atoms with Crippen molar-refractivity contribution in [2.75, 3.05) is 6.61 Å². The van der Waals surface area contributed by atoms with Gasteiger partial charge in [-0.2, -0.15) is 0 Å². The van der Waals surface area contributed by atoms with E-state index in [9.17, 15) is 9.90 Å². The summed E-state index contributed by atoms with van der Waals surface area (Å²) in [6.07, 6.45) is -1.30. The summed E-state index contributed by atoms with van der Waals surface area (Å²) >= 11 is 0. The number of esters is 1. The Morgan fingerprint density at radius 1 is 1.00 bits per heavy atom. The van der Waals surface area contributed by atoms with E-state index in [4.69, 9.17) is 9.47 Å². The molecule has 0 bridgehead atoms. The number of carbonyl (C=O) groups excluding carboxylic acids is 1. The van der Waals surface area contributed by atoms with Crippen molar-refractivity contribution in [3.8, 4) is 5.75 Å². The smallest absolute Gasteiger partial charge is 0.340 e. The number of ether oxygens (including phenoxy) is 2. The summed E-state index contributed by atoms with van der Waals surface area (Å²) in [6, 6.07) is 17.5. The Morgan fingerprint density at radius 2 is 1.58 bits per heavy atom. The second-order valence-electron chi connectivity index (χ2n) is 3.85. The normalized spacial score (nSPS) is 11.6. The lowest BCUT2D eigenvalue weighted by Gasteiger charge is -2.13. The third kappa shape index (κ3) is 4.12. The standard InChI is InChI=1S/C15H14O4/c16-14(11-18-13-9-5-2-6-10-13)19-15(17)12-7-3-1-4-8-12/h1-10,14,16H,11H2. The summed E-state index contributed by atoms with van der Waals surface area (Å²) in [5.41, 5.74) is 0.390. The highest BCUT2D eigenvalue weighted by atomic mass is 16.7. The molecule has 0 heterocycles. The second kappa shape index (κ2) is 6.56. The molecule has 0 spiro atoms. The first-order valence-corrected chi connectivity index (χ1v) is 5.87. The van der Waals surface area contributed by atoms with Crippen LogP contribution < -0.4 is 4.74 Å². The van der Waals surface area contributed by atoms with Crippen LogP contribution in [0.4, 0.5) is 0 Å². The first kappa shape index (κ1) is 13.1. The van der Waals surface area contributed by atoms with Gasteiger partial charge in [0.2, 0.25) is 6.29 Å². The van der Waals surface area contributed by atoms with Crippen molar-refractivity contribution < 1.29 is 19.4 Å². The molecule has 0 amide bonds. The molecular weight excluding hydrogens is 244 g/mol. The molecule has 0 saturated carbocycles. The molecule has 19 heavy (non-hydrogen) atoms. The van der Waals surface area contributed by atoms with Crippen LogP contribution in [0, 0.1) is 0 Å². The molecule has 4 nitrogen and oxygen atoms in total. The molecule has 0 saturated heterocycles. The van der Waals surface area contributed by atoms with Crippen LogP contribution in [-0.4, -0.2) is 24.0 Å². The number of para-hydroxylation sites is 1. The molecule has 98 valence electrons. The zero-order chi connectivity index (χ0) is 13.5.